The average Bonchev–Trinajstić information content (AvgIpc) is 2.23. The van der Waals surface area contributed by atoms with Crippen molar-refractivity contribution in [3.05, 3.63) is 17.0 Å². The first-order valence-corrected chi connectivity index (χ1v) is 4.07. The summed E-state index contributed by atoms with van der Waals surface area (Å²) in [5.74, 6) is -0.188. The van der Waals surface area contributed by atoms with E-state index in [1.165, 1.54) is 14.0 Å². The van der Waals surface area contributed by atoms with Gasteiger partial charge in [-0.2, -0.15) is 18.3 Å². The van der Waals surface area contributed by atoms with Crippen molar-refractivity contribution >= 4 is 11.6 Å². The first kappa shape index (κ1) is 10.4. The Morgan fingerprint density at radius 1 is 1.46 bits per heavy atom. The van der Waals surface area contributed by atoms with Crippen molar-refractivity contribution in [1.82, 2.24) is 9.78 Å². The van der Waals surface area contributed by atoms with E-state index < -0.39 is 11.7 Å². The van der Waals surface area contributed by atoms with Crippen molar-refractivity contribution in [3.8, 4) is 0 Å². The van der Waals surface area contributed by atoms with Gasteiger partial charge in [-0.3, -0.25) is 4.68 Å². The predicted octanol–water partition coefficient (Wildman–Crippen LogP) is 2.49. The Labute approximate surface area is 78.3 Å². The average molecular weight is 213 g/mol. The molecule has 0 saturated carbocycles. The predicted molar refractivity (Wildman–Crippen MR) is 42.5 cm³/mol. The molecule has 13 heavy (non-hydrogen) atoms. The molecule has 0 atom stereocenters. The van der Waals surface area contributed by atoms with E-state index in [1.54, 1.807) is 0 Å². The molecule has 1 aromatic heterocycles. The quantitative estimate of drug-likeness (QED) is 0.654. The van der Waals surface area contributed by atoms with Gasteiger partial charge >= 0.3 is 6.18 Å². The summed E-state index contributed by atoms with van der Waals surface area (Å²) in [5.41, 5.74) is -0.748. The van der Waals surface area contributed by atoms with E-state index in [0.717, 1.165) is 4.68 Å². The van der Waals surface area contributed by atoms with Gasteiger partial charge in [0.15, 0.2) is 0 Å². The molecule has 0 amide bonds. The highest BCUT2D eigenvalue weighted by molar-refractivity contribution is 6.17. The van der Waals surface area contributed by atoms with E-state index in [4.69, 9.17) is 11.6 Å². The second kappa shape index (κ2) is 3.21. The molecule has 0 aliphatic carbocycles. The largest absolute Gasteiger partial charge is 0.420 e. The van der Waals surface area contributed by atoms with Gasteiger partial charge in [-0.05, 0) is 6.92 Å². The summed E-state index contributed by atoms with van der Waals surface area (Å²) < 4.78 is 38.4. The summed E-state index contributed by atoms with van der Waals surface area (Å²) in [6.07, 6.45) is -4.37. The minimum atomic E-state index is -4.37. The minimum absolute atomic E-state index is 0.00617. The normalized spacial score (nSPS) is 12.2. The third-order valence-electron chi connectivity index (χ3n) is 1.75. The third kappa shape index (κ3) is 1.80. The zero-order valence-electron chi connectivity index (χ0n) is 7.11. The third-order valence-corrected chi connectivity index (χ3v) is 2.00. The Kier molecular flexibility index (Phi) is 2.56. The standard InChI is InChI=1S/C7H8ClF3N2/c1-4-6(7(9,10)11)5(3-8)13(2)12-4/h3H2,1-2H3. The van der Waals surface area contributed by atoms with Crippen LogP contribution in [-0.2, 0) is 19.1 Å². The molecule has 2 nitrogen and oxygen atoms in total. The molecule has 1 heterocycles. The van der Waals surface area contributed by atoms with E-state index in [1.807, 2.05) is 0 Å². The molecule has 0 fully saturated rings. The summed E-state index contributed by atoms with van der Waals surface area (Å²) in [4.78, 5) is 0. The van der Waals surface area contributed by atoms with E-state index >= 15 is 0 Å². The van der Waals surface area contributed by atoms with Crippen molar-refractivity contribution in [2.24, 2.45) is 7.05 Å². The fraction of sp³-hybridized carbons (Fsp3) is 0.571. The fourth-order valence-electron chi connectivity index (χ4n) is 1.23. The first-order chi connectivity index (χ1) is 5.88. The molecule has 0 aliphatic rings. The van der Waals surface area contributed by atoms with Crippen LogP contribution in [0.3, 0.4) is 0 Å². The van der Waals surface area contributed by atoms with Gasteiger partial charge in [-0.1, -0.05) is 0 Å². The number of nitrogens with zero attached hydrogens (tertiary/aromatic N) is 2. The van der Waals surface area contributed by atoms with Crippen LogP contribution in [0.15, 0.2) is 0 Å². The van der Waals surface area contributed by atoms with Crippen molar-refractivity contribution < 1.29 is 13.2 Å². The summed E-state index contributed by atoms with van der Waals surface area (Å²) in [7, 11) is 1.44. The van der Waals surface area contributed by atoms with E-state index in [-0.39, 0.29) is 17.3 Å². The number of halogens is 4. The number of aromatic nitrogens is 2. The lowest BCUT2D eigenvalue weighted by Crippen LogP contribution is -2.09. The Morgan fingerprint density at radius 2 is 2.00 bits per heavy atom. The van der Waals surface area contributed by atoms with Crippen molar-refractivity contribution in [1.29, 1.82) is 0 Å². The zero-order chi connectivity index (χ0) is 10.2. The van der Waals surface area contributed by atoms with Gasteiger partial charge in [0, 0.05) is 7.05 Å². The molecule has 0 unspecified atom stereocenters. The number of hydrogen-bond donors (Lipinski definition) is 0. The molecule has 1 rings (SSSR count). The number of rotatable bonds is 1. The second-order valence-electron chi connectivity index (χ2n) is 2.66. The van der Waals surface area contributed by atoms with Gasteiger partial charge in [0.1, 0.15) is 5.56 Å². The summed E-state index contributed by atoms with van der Waals surface area (Å²) >= 11 is 5.40. The van der Waals surface area contributed by atoms with Crippen molar-refractivity contribution in [2.75, 3.05) is 0 Å². The maximum Gasteiger partial charge on any atom is 0.420 e. The van der Waals surface area contributed by atoms with E-state index in [0.29, 0.717) is 0 Å². The lowest BCUT2D eigenvalue weighted by molar-refractivity contribution is -0.138. The highest BCUT2D eigenvalue weighted by atomic mass is 35.5. The van der Waals surface area contributed by atoms with Gasteiger partial charge < -0.3 is 0 Å². The Balaban J connectivity index is 3.34. The Bertz CT molecular complexity index is 316. The van der Waals surface area contributed by atoms with E-state index in [2.05, 4.69) is 5.10 Å². The molecule has 1 aromatic rings. The van der Waals surface area contributed by atoms with Gasteiger partial charge in [0.2, 0.25) is 0 Å². The van der Waals surface area contributed by atoms with Gasteiger partial charge in [-0.15, -0.1) is 11.6 Å². The highest BCUT2D eigenvalue weighted by Gasteiger charge is 2.37. The van der Waals surface area contributed by atoms with Crippen LogP contribution in [0.4, 0.5) is 13.2 Å². The molecule has 6 heteroatoms. The molecule has 0 aliphatic heterocycles. The SMILES string of the molecule is Cc1nn(C)c(CCl)c1C(F)(F)F. The van der Waals surface area contributed by atoms with Crippen LogP contribution in [-0.4, -0.2) is 9.78 Å². The van der Waals surface area contributed by atoms with Crippen LogP contribution >= 0.6 is 11.6 Å². The van der Waals surface area contributed by atoms with Crippen LogP contribution in [0.2, 0.25) is 0 Å². The highest BCUT2D eigenvalue weighted by Crippen LogP contribution is 2.34. The summed E-state index contributed by atoms with van der Waals surface area (Å²) in [5, 5.41) is 3.66. The Morgan fingerprint density at radius 3 is 2.31 bits per heavy atom. The molecule has 0 bridgehead atoms. The number of hydrogen-bond acceptors (Lipinski definition) is 1. The Hall–Kier alpha value is -0.710. The fourth-order valence-corrected chi connectivity index (χ4v) is 1.53. The zero-order valence-corrected chi connectivity index (χ0v) is 7.87. The van der Waals surface area contributed by atoms with Crippen LogP contribution in [0.25, 0.3) is 0 Å². The number of alkyl halides is 4. The van der Waals surface area contributed by atoms with Gasteiger partial charge in [0.05, 0.1) is 17.3 Å². The van der Waals surface area contributed by atoms with Crippen LogP contribution in [0.1, 0.15) is 17.0 Å². The molecule has 74 valence electrons. The summed E-state index contributed by atoms with van der Waals surface area (Å²) in [6.45, 7) is 1.32. The van der Waals surface area contributed by atoms with Crippen molar-refractivity contribution in [3.63, 3.8) is 0 Å². The summed E-state index contributed by atoms with van der Waals surface area (Å²) in [6, 6.07) is 0. The lowest BCUT2D eigenvalue weighted by atomic mass is 10.2. The van der Waals surface area contributed by atoms with Crippen LogP contribution in [0, 0.1) is 6.92 Å². The first-order valence-electron chi connectivity index (χ1n) is 3.53. The molecular formula is C7H8ClF3N2. The second-order valence-corrected chi connectivity index (χ2v) is 2.93. The maximum absolute atomic E-state index is 12.4. The lowest BCUT2D eigenvalue weighted by Gasteiger charge is -2.06. The molecule has 0 radical (unpaired) electrons. The molecule has 0 spiro atoms. The van der Waals surface area contributed by atoms with Crippen LogP contribution < -0.4 is 0 Å². The molecule has 0 aromatic carbocycles. The topological polar surface area (TPSA) is 17.8 Å². The van der Waals surface area contributed by atoms with Gasteiger partial charge in [0.25, 0.3) is 0 Å². The number of aryl methyl sites for hydroxylation is 2. The minimum Gasteiger partial charge on any atom is -0.271 e. The van der Waals surface area contributed by atoms with E-state index in [9.17, 15) is 13.2 Å². The maximum atomic E-state index is 12.4. The monoisotopic (exact) mass is 212 g/mol. The molecule has 0 saturated heterocycles. The molecular weight excluding hydrogens is 205 g/mol. The van der Waals surface area contributed by atoms with Crippen LogP contribution in [0.5, 0.6) is 0 Å². The van der Waals surface area contributed by atoms with Crippen molar-refractivity contribution in [2.45, 2.75) is 19.0 Å². The smallest absolute Gasteiger partial charge is 0.271 e. The van der Waals surface area contributed by atoms with Gasteiger partial charge in [-0.25, -0.2) is 0 Å². The molecule has 0 N–H and O–H groups in total.